The Labute approximate surface area is 178 Å². The van der Waals surface area contributed by atoms with Gasteiger partial charge in [0.2, 0.25) is 0 Å². The van der Waals surface area contributed by atoms with Crippen molar-refractivity contribution in [3.8, 4) is 11.4 Å². The molecular weight excluding hydrogens is 392 g/mol. The molecule has 1 amide bonds. The Morgan fingerprint density at radius 1 is 0.935 bits per heavy atom. The number of carbonyl (C=O) groups excluding carboxylic acids is 1. The maximum atomic E-state index is 13.3. The number of para-hydroxylation sites is 2. The molecule has 4 aromatic rings. The summed E-state index contributed by atoms with van der Waals surface area (Å²) in [6, 6.07) is 24.5. The average Bonchev–Trinajstić information content (AvgIpc) is 3.09. The van der Waals surface area contributed by atoms with Crippen LogP contribution < -0.4 is 11.0 Å². The van der Waals surface area contributed by atoms with Gasteiger partial charge in [0, 0.05) is 11.3 Å². The van der Waals surface area contributed by atoms with Crippen LogP contribution in [0.5, 0.6) is 5.75 Å². The predicted molar refractivity (Wildman–Crippen MR) is 119 cm³/mol. The predicted octanol–water partition coefficient (Wildman–Crippen LogP) is 3.36. The van der Waals surface area contributed by atoms with Crippen molar-refractivity contribution in [2.75, 3.05) is 0 Å². The summed E-state index contributed by atoms with van der Waals surface area (Å²) in [5.74, 6) is -0.733. The molecule has 0 aliphatic rings. The zero-order valence-corrected chi connectivity index (χ0v) is 16.7. The molecule has 0 saturated heterocycles. The minimum atomic E-state index is -0.580. The molecule has 4 rings (SSSR count). The zero-order chi connectivity index (χ0) is 21.8. The van der Waals surface area contributed by atoms with E-state index in [1.807, 2.05) is 60.7 Å². The number of aromatic hydroxyl groups is 1. The minimum Gasteiger partial charge on any atom is -0.507 e. The maximum absolute atomic E-state index is 13.3. The number of hydrogen-bond acceptors (Lipinski definition) is 4. The van der Waals surface area contributed by atoms with Crippen LogP contribution in [0.15, 0.2) is 94.8 Å². The number of phenols is 1. The van der Waals surface area contributed by atoms with Crippen LogP contribution in [-0.4, -0.2) is 26.5 Å². The van der Waals surface area contributed by atoms with Gasteiger partial charge in [0.1, 0.15) is 11.5 Å². The lowest BCUT2D eigenvalue weighted by atomic mass is 10.0. The SMILES string of the molecule is Cc1[nH]n(-c2ccccc2)c(=O)c1/C(=N\NC(=O)c1ccccc1O)c1ccccc1. The molecule has 3 aromatic carbocycles. The molecule has 0 spiro atoms. The van der Waals surface area contributed by atoms with Gasteiger partial charge < -0.3 is 5.11 Å². The Balaban J connectivity index is 1.80. The third-order valence-electron chi connectivity index (χ3n) is 4.79. The fourth-order valence-corrected chi connectivity index (χ4v) is 3.28. The van der Waals surface area contributed by atoms with Gasteiger partial charge in [0.15, 0.2) is 0 Å². The molecule has 0 saturated carbocycles. The van der Waals surface area contributed by atoms with Crippen molar-refractivity contribution >= 4 is 11.6 Å². The van der Waals surface area contributed by atoms with E-state index in [4.69, 9.17) is 0 Å². The second-order valence-electron chi connectivity index (χ2n) is 6.87. The Hall–Kier alpha value is -4.39. The van der Waals surface area contributed by atoms with Crippen LogP contribution in [-0.2, 0) is 0 Å². The smallest absolute Gasteiger partial charge is 0.281 e. The number of phenolic OH excluding ortho intramolecular Hbond substituents is 1. The molecule has 7 heteroatoms. The second-order valence-corrected chi connectivity index (χ2v) is 6.87. The van der Waals surface area contributed by atoms with Crippen LogP contribution in [0.1, 0.15) is 27.2 Å². The largest absolute Gasteiger partial charge is 0.507 e. The van der Waals surface area contributed by atoms with E-state index < -0.39 is 5.91 Å². The summed E-state index contributed by atoms with van der Waals surface area (Å²) in [5, 5.41) is 17.3. The van der Waals surface area contributed by atoms with Gasteiger partial charge in [0.25, 0.3) is 11.5 Å². The van der Waals surface area contributed by atoms with E-state index in [2.05, 4.69) is 15.6 Å². The first-order valence-corrected chi connectivity index (χ1v) is 9.65. The van der Waals surface area contributed by atoms with E-state index in [9.17, 15) is 14.7 Å². The summed E-state index contributed by atoms with van der Waals surface area (Å²) in [5.41, 5.74) is 4.88. The van der Waals surface area contributed by atoms with Crippen molar-refractivity contribution in [3.63, 3.8) is 0 Å². The number of aromatic amines is 1. The minimum absolute atomic E-state index is 0.0890. The fourth-order valence-electron chi connectivity index (χ4n) is 3.28. The third kappa shape index (κ3) is 4.02. The van der Waals surface area contributed by atoms with Crippen LogP contribution in [0.25, 0.3) is 5.69 Å². The van der Waals surface area contributed by atoms with Crippen molar-refractivity contribution in [1.29, 1.82) is 0 Å². The summed E-state index contributed by atoms with van der Waals surface area (Å²) < 4.78 is 1.44. The number of hydrazone groups is 1. The van der Waals surface area contributed by atoms with Crippen molar-refractivity contribution in [3.05, 3.63) is 118 Å². The normalized spacial score (nSPS) is 11.3. The first-order valence-electron chi connectivity index (χ1n) is 9.65. The van der Waals surface area contributed by atoms with Crippen LogP contribution >= 0.6 is 0 Å². The highest BCUT2D eigenvalue weighted by Gasteiger charge is 2.20. The quantitative estimate of drug-likeness (QED) is 0.346. The van der Waals surface area contributed by atoms with Crippen LogP contribution in [0.3, 0.4) is 0 Å². The highest BCUT2D eigenvalue weighted by Crippen LogP contribution is 2.16. The summed E-state index contributed by atoms with van der Waals surface area (Å²) in [6.07, 6.45) is 0. The fraction of sp³-hybridized carbons (Fsp3) is 0.0417. The van der Waals surface area contributed by atoms with E-state index in [1.165, 1.54) is 16.8 Å². The standard InChI is InChI=1S/C24H20N4O3/c1-16-21(24(31)28(27-16)18-12-6-3-7-13-18)22(17-10-4-2-5-11-17)25-26-23(30)19-14-8-9-15-20(19)29/h2-15,27,29H,1H3,(H,26,30)/b25-22-. The maximum Gasteiger partial charge on any atom is 0.281 e. The first-order chi connectivity index (χ1) is 15.1. The monoisotopic (exact) mass is 412 g/mol. The highest BCUT2D eigenvalue weighted by atomic mass is 16.3. The molecule has 7 nitrogen and oxygen atoms in total. The first kappa shape index (κ1) is 19.9. The molecule has 0 atom stereocenters. The third-order valence-corrected chi connectivity index (χ3v) is 4.79. The molecule has 3 N–H and O–H groups in total. The molecule has 1 heterocycles. The molecule has 1 aromatic heterocycles. The number of rotatable bonds is 5. The van der Waals surface area contributed by atoms with E-state index in [0.29, 0.717) is 28.2 Å². The molecule has 0 aliphatic heterocycles. The Bertz CT molecular complexity index is 1310. The van der Waals surface area contributed by atoms with Crippen molar-refractivity contribution < 1.29 is 9.90 Å². The highest BCUT2D eigenvalue weighted by molar-refractivity contribution is 6.14. The van der Waals surface area contributed by atoms with Crippen LogP contribution in [0.2, 0.25) is 0 Å². The lowest BCUT2D eigenvalue weighted by Gasteiger charge is -2.07. The number of nitrogens with zero attached hydrogens (tertiary/aromatic N) is 2. The van der Waals surface area contributed by atoms with Gasteiger partial charge in [-0.25, -0.2) is 10.1 Å². The zero-order valence-electron chi connectivity index (χ0n) is 16.7. The Morgan fingerprint density at radius 2 is 1.55 bits per heavy atom. The lowest BCUT2D eigenvalue weighted by molar-refractivity contribution is 0.0952. The Kier molecular flexibility index (Phi) is 5.49. The summed E-state index contributed by atoms with van der Waals surface area (Å²) in [7, 11) is 0. The van der Waals surface area contributed by atoms with E-state index >= 15 is 0 Å². The molecule has 0 aliphatic carbocycles. The van der Waals surface area contributed by atoms with Gasteiger partial charge in [0.05, 0.1) is 16.8 Å². The van der Waals surface area contributed by atoms with Gasteiger partial charge in [-0.3, -0.25) is 14.7 Å². The number of nitrogens with one attached hydrogen (secondary N) is 2. The van der Waals surface area contributed by atoms with Crippen LogP contribution in [0.4, 0.5) is 0 Å². The number of hydrogen-bond donors (Lipinski definition) is 3. The molecule has 0 radical (unpaired) electrons. The molecule has 0 bridgehead atoms. The topological polar surface area (TPSA) is 99.5 Å². The number of benzene rings is 3. The van der Waals surface area contributed by atoms with Gasteiger partial charge >= 0.3 is 0 Å². The number of aryl methyl sites for hydroxylation is 1. The Morgan fingerprint density at radius 3 is 2.23 bits per heavy atom. The molecule has 0 unspecified atom stereocenters. The van der Waals surface area contributed by atoms with Gasteiger partial charge in [-0.2, -0.15) is 5.10 Å². The lowest BCUT2D eigenvalue weighted by Crippen LogP contribution is -2.25. The molecule has 31 heavy (non-hydrogen) atoms. The second kappa shape index (κ2) is 8.54. The number of H-pyrrole nitrogens is 1. The number of amides is 1. The molecule has 154 valence electrons. The van der Waals surface area contributed by atoms with E-state index in [1.54, 1.807) is 19.1 Å². The van der Waals surface area contributed by atoms with Crippen molar-refractivity contribution in [1.82, 2.24) is 15.2 Å². The van der Waals surface area contributed by atoms with Crippen LogP contribution in [0, 0.1) is 6.92 Å². The summed E-state index contributed by atoms with van der Waals surface area (Å²) >= 11 is 0. The summed E-state index contributed by atoms with van der Waals surface area (Å²) in [6.45, 7) is 1.78. The van der Waals surface area contributed by atoms with Gasteiger partial charge in [-0.15, -0.1) is 0 Å². The van der Waals surface area contributed by atoms with E-state index in [-0.39, 0.29) is 16.9 Å². The number of aromatic nitrogens is 2. The number of carbonyl (C=O) groups is 1. The van der Waals surface area contributed by atoms with Gasteiger partial charge in [-0.05, 0) is 31.2 Å². The summed E-state index contributed by atoms with van der Waals surface area (Å²) in [4.78, 5) is 25.8. The molecular formula is C24H20N4O3. The average molecular weight is 412 g/mol. The van der Waals surface area contributed by atoms with Gasteiger partial charge in [-0.1, -0.05) is 60.7 Å². The van der Waals surface area contributed by atoms with E-state index in [0.717, 1.165) is 0 Å². The van der Waals surface area contributed by atoms with Crippen molar-refractivity contribution in [2.45, 2.75) is 6.92 Å². The molecule has 0 fully saturated rings. The van der Waals surface area contributed by atoms with Crippen molar-refractivity contribution in [2.24, 2.45) is 5.10 Å².